The van der Waals surface area contributed by atoms with Gasteiger partial charge in [-0.1, -0.05) is 0 Å². The topological polar surface area (TPSA) is 104 Å². The van der Waals surface area contributed by atoms with Crippen molar-refractivity contribution in [2.24, 2.45) is 0 Å². The molecule has 140 valence electrons. The Morgan fingerprint density at radius 2 is 1.88 bits per heavy atom. The van der Waals surface area contributed by atoms with Crippen molar-refractivity contribution in [3.8, 4) is 0 Å². The first-order valence-corrected chi connectivity index (χ1v) is 11.1. The highest BCUT2D eigenvalue weighted by Gasteiger charge is 2.26. The molecule has 1 amide bonds. The van der Waals surface area contributed by atoms with Crippen LogP contribution in [-0.4, -0.2) is 59.5 Å². The van der Waals surface area contributed by atoms with Crippen LogP contribution in [0.1, 0.15) is 19.4 Å². The van der Waals surface area contributed by atoms with Crippen LogP contribution in [0.25, 0.3) is 0 Å². The molecule has 0 atom stereocenters. The maximum atomic E-state index is 12.4. The van der Waals surface area contributed by atoms with E-state index in [4.69, 9.17) is 0 Å². The van der Waals surface area contributed by atoms with Gasteiger partial charge < -0.3 is 4.90 Å². The second-order valence-electron chi connectivity index (χ2n) is 6.29. The molecule has 2 rings (SSSR count). The highest BCUT2D eigenvalue weighted by Crippen LogP contribution is 2.29. The minimum absolute atomic E-state index is 0.0382. The largest absolute Gasteiger partial charge is 0.315 e. The number of carbonyl (C=O) groups is 1. The monoisotopic (exact) mass is 389 g/mol. The van der Waals surface area contributed by atoms with E-state index in [9.17, 15) is 21.6 Å². The lowest BCUT2D eigenvalue weighted by Gasteiger charge is -2.23. The van der Waals surface area contributed by atoms with Gasteiger partial charge in [-0.25, -0.2) is 21.6 Å². The number of anilines is 1. The molecule has 0 aliphatic carbocycles. The van der Waals surface area contributed by atoms with Crippen LogP contribution in [0.15, 0.2) is 23.1 Å². The van der Waals surface area contributed by atoms with E-state index >= 15 is 0 Å². The van der Waals surface area contributed by atoms with E-state index in [0.29, 0.717) is 11.3 Å². The zero-order chi connectivity index (χ0) is 19.0. The fourth-order valence-electron chi connectivity index (χ4n) is 2.79. The maximum absolute atomic E-state index is 12.4. The first-order chi connectivity index (χ1) is 11.4. The molecule has 1 heterocycles. The lowest BCUT2D eigenvalue weighted by molar-refractivity contribution is -0.117. The number of nitrogens with one attached hydrogen (secondary N) is 1. The van der Waals surface area contributed by atoms with Gasteiger partial charge in [0.2, 0.25) is 26.0 Å². The van der Waals surface area contributed by atoms with Gasteiger partial charge in [-0.05, 0) is 37.6 Å². The summed E-state index contributed by atoms with van der Waals surface area (Å²) < 4.78 is 51.9. The highest BCUT2D eigenvalue weighted by molar-refractivity contribution is 7.89. The van der Waals surface area contributed by atoms with Gasteiger partial charge in [0.05, 0.1) is 17.6 Å². The van der Waals surface area contributed by atoms with Crippen molar-refractivity contribution in [1.82, 2.24) is 9.03 Å². The van der Waals surface area contributed by atoms with Crippen LogP contribution in [-0.2, 0) is 31.3 Å². The quantitative estimate of drug-likeness (QED) is 0.715. The van der Waals surface area contributed by atoms with E-state index in [1.54, 1.807) is 27.0 Å². The van der Waals surface area contributed by atoms with Gasteiger partial charge in [0, 0.05) is 31.9 Å². The van der Waals surface area contributed by atoms with Gasteiger partial charge in [-0.2, -0.15) is 4.31 Å². The minimum atomic E-state index is -3.78. The number of hydrogen-bond acceptors (Lipinski definition) is 5. The molecule has 0 aromatic heterocycles. The Labute approximate surface area is 148 Å². The van der Waals surface area contributed by atoms with Crippen LogP contribution in [0, 0.1) is 0 Å². The summed E-state index contributed by atoms with van der Waals surface area (Å²) in [6, 6.07) is 4.26. The molecule has 8 nitrogen and oxygen atoms in total. The van der Waals surface area contributed by atoms with Gasteiger partial charge in [0.1, 0.15) is 0 Å². The third-order valence-corrected chi connectivity index (χ3v) is 6.98. The number of fused-ring (bicyclic) bond motifs is 1. The summed E-state index contributed by atoms with van der Waals surface area (Å²) in [4.78, 5) is 13.2. The fraction of sp³-hybridized carbons (Fsp3) is 0.533. The Hall–Kier alpha value is -1.49. The lowest BCUT2D eigenvalue weighted by atomic mass is 10.2. The van der Waals surface area contributed by atoms with E-state index < -0.39 is 20.0 Å². The average Bonchev–Trinajstić information content (AvgIpc) is 2.76. The summed E-state index contributed by atoms with van der Waals surface area (Å²) in [7, 11) is -5.55. The number of carbonyl (C=O) groups excluding carboxylic acids is 1. The predicted molar refractivity (Wildman–Crippen MR) is 95.4 cm³/mol. The smallest absolute Gasteiger partial charge is 0.240 e. The molecular weight excluding hydrogens is 366 g/mol. The number of likely N-dealkylation sites (N-methyl/N-ethyl adjacent to an activating group) is 1. The summed E-state index contributed by atoms with van der Waals surface area (Å²) in [6.07, 6.45) is 1.26. The molecule has 0 saturated carbocycles. The second-order valence-corrected chi connectivity index (χ2v) is 9.99. The van der Waals surface area contributed by atoms with Crippen molar-refractivity contribution >= 4 is 31.6 Å². The number of sulfonamides is 2. The van der Waals surface area contributed by atoms with E-state index in [-0.39, 0.29) is 36.4 Å². The molecule has 0 radical (unpaired) electrons. The third-order valence-electron chi connectivity index (χ3n) is 4.06. The molecule has 0 unspecified atom stereocenters. The Balaban J connectivity index is 2.11. The Morgan fingerprint density at radius 1 is 1.24 bits per heavy atom. The number of amides is 1. The molecule has 1 aliphatic heterocycles. The molecule has 0 saturated heterocycles. The summed E-state index contributed by atoms with van der Waals surface area (Å²) >= 11 is 0. The standard InChI is InChI=1S/C15H23N3O5S2/c1-11(2)18(24(4,20)21)8-7-16-25(22,23)13-5-6-14-12(9-13)10-15(19)17(14)3/h5-6,9,11,16H,7-8,10H2,1-4H3. The molecule has 0 spiro atoms. The van der Waals surface area contributed by atoms with E-state index in [2.05, 4.69) is 4.72 Å². The first kappa shape index (κ1) is 19.8. The number of benzene rings is 1. The van der Waals surface area contributed by atoms with Gasteiger partial charge >= 0.3 is 0 Å². The predicted octanol–water partition coefficient (Wildman–Crippen LogP) is 0.154. The van der Waals surface area contributed by atoms with Crippen molar-refractivity contribution in [2.45, 2.75) is 31.2 Å². The SMILES string of the molecule is CC(C)N(CCNS(=O)(=O)c1ccc2c(c1)CC(=O)N2C)S(C)(=O)=O. The zero-order valence-electron chi connectivity index (χ0n) is 14.7. The molecular formula is C15H23N3O5S2. The van der Waals surface area contributed by atoms with Gasteiger partial charge in [-0.3, -0.25) is 4.79 Å². The second kappa shape index (κ2) is 7.02. The van der Waals surface area contributed by atoms with Crippen LogP contribution < -0.4 is 9.62 Å². The number of hydrogen-bond donors (Lipinski definition) is 1. The molecule has 1 N–H and O–H groups in total. The van der Waals surface area contributed by atoms with Gasteiger partial charge in [0.25, 0.3) is 0 Å². The number of nitrogens with zero attached hydrogens (tertiary/aromatic N) is 2. The molecule has 1 aromatic rings. The van der Waals surface area contributed by atoms with Crippen molar-refractivity contribution in [1.29, 1.82) is 0 Å². The van der Waals surface area contributed by atoms with Crippen molar-refractivity contribution in [3.05, 3.63) is 23.8 Å². The summed E-state index contributed by atoms with van der Waals surface area (Å²) in [6.45, 7) is 3.46. The van der Waals surface area contributed by atoms with Gasteiger partial charge in [0.15, 0.2) is 0 Å². The molecule has 1 aliphatic rings. The van der Waals surface area contributed by atoms with E-state index in [1.165, 1.54) is 21.3 Å². The first-order valence-electron chi connectivity index (χ1n) is 7.79. The fourth-order valence-corrected chi connectivity index (χ4v) is 5.05. The van der Waals surface area contributed by atoms with Crippen LogP contribution in [0.2, 0.25) is 0 Å². The van der Waals surface area contributed by atoms with Crippen molar-refractivity contribution in [2.75, 3.05) is 31.3 Å². The highest BCUT2D eigenvalue weighted by atomic mass is 32.2. The van der Waals surface area contributed by atoms with Crippen molar-refractivity contribution < 1.29 is 21.6 Å². The zero-order valence-corrected chi connectivity index (χ0v) is 16.3. The average molecular weight is 389 g/mol. The maximum Gasteiger partial charge on any atom is 0.240 e. The molecule has 0 fully saturated rings. The lowest BCUT2D eigenvalue weighted by Crippen LogP contribution is -2.41. The Kier molecular flexibility index (Phi) is 5.57. The summed E-state index contributed by atoms with van der Waals surface area (Å²) in [5.74, 6) is -0.0850. The summed E-state index contributed by atoms with van der Waals surface area (Å²) in [5.41, 5.74) is 1.36. The molecule has 0 bridgehead atoms. The van der Waals surface area contributed by atoms with Crippen LogP contribution in [0.4, 0.5) is 5.69 Å². The molecule has 1 aromatic carbocycles. The van der Waals surface area contributed by atoms with Crippen LogP contribution in [0.5, 0.6) is 0 Å². The van der Waals surface area contributed by atoms with Crippen LogP contribution >= 0.6 is 0 Å². The number of rotatable bonds is 7. The van der Waals surface area contributed by atoms with Gasteiger partial charge in [-0.15, -0.1) is 0 Å². The van der Waals surface area contributed by atoms with Crippen LogP contribution in [0.3, 0.4) is 0 Å². The third kappa shape index (κ3) is 4.38. The van der Waals surface area contributed by atoms with E-state index in [0.717, 1.165) is 6.26 Å². The Morgan fingerprint density at radius 3 is 2.44 bits per heavy atom. The van der Waals surface area contributed by atoms with E-state index in [1.807, 2.05) is 0 Å². The van der Waals surface area contributed by atoms with Crippen molar-refractivity contribution in [3.63, 3.8) is 0 Å². The molecule has 10 heteroatoms. The summed E-state index contributed by atoms with van der Waals surface area (Å²) in [5, 5.41) is 0. The minimum Gasteiger partial charge on any atom is -0.315 e. The Bertz CT molecular complexity index is 878. The molecule has 25 heavy (non-hydrogen) atoms. The normalized spacial score (nSPS) is 15.3.